The summed E-state index contributed by atoms with van der Waals surface area (Å²) in [5.74, 6) is 0.656. The number of nitrogens with zero attached hydrogens (tertiary/aromatic N) is 4. The Morgan fingerprint density at radius 2 is 1.97 bits per heavy atom. The molecule has 2 aliphatic rings. The second kappa shape index (κ2) is 7.74. The number of carbonyl (C=O) groups is 2. The molecular weight excluding hydrogens is 380 g/mol. The van der Waals surface area contributed by atoms with E-state index in [2.05, 4.69) is 41.1 Å². The molecule has 160 valence electrons. The SMILES string of the molecule is CC(C)(C)n1nc(C(=O)Nc2ccc(N3CCCC(C(N)=O)C3)nc2)cc1C1CC1. The molecule has 2 aromatic rings. The van der Waals surface area contributed by atoms with E-state index >= 15 is 0 Å². The maximum atomic E-state index is 12.8. The first-order valence-corrected chi connectivity index (χ1v) is 10.6. The molecule has 8 nitrogen and oxygen atoms in total. The zero-order valence-electron chi connectivity index (χ0n) is 17.9. The van der Waals surface area contributed by atoms with Gasteiger partial charge in [0, 0.05) is 24.7 Å². The lowest BCUT2D eigenvalue weighted by molar-refractivity contribution is -0.122. The molecular formula is C22H30N6O2. The predicted octanol–water partition coefficient (Wildman–Crippen LogP) is 2.86. The molecule has 1 atom stereocenters. The highest BCUT2D eigenvalue weighted by Gasteiger charge is 2.32. The van der Waals surface area contributed by atoms with Gasteiger partial charge in [-0.15, -0.1) is 0 Å². The minimum absolute atomic E-state index is 0.140. The molecule has 1 aliphatic heterocycles. The van der Waals surface area contributed by atoms with Gasteiger partial charge in [0.25, 0.3) is 5.91 Å². The van der Waals surface area contributed by atoms with Crippen molar-refractivity contribution >= 4 is 23.3 Å². The van der Waals surface area contributed by atoms with E-state index in [1.807, 2.05) is 22.9 Å². The Labute approximate surface area is 176 Å². The molecule has 8 heteroatoms. The Balaban J connectivity index is 1.45. The first-order valence-electron chi connectivity index (χ1n) is 10.6. The van der Waals surface area contributed by atoms with Crippen molar-refractivity contribution in [3.05, 3.63) is 35.8 Å². The molecule has 2 amide bonds. The van der Waals surface area contributed by atoms with Crippen LogP contribution in [-0.4, -0.2) is 39.7 Å². The van der Waals surface area contributed by atoms with E-state index in [0.717, 1.165) is 43.7 Å². The molecule has 2 aromatic heterocycles. The third kappa shape index (κ3) is 4.32. The lowest BCUT2D eigenvalue weighted by Crippen LogP contribution is -2.41. The second-order valence-electron chi connectivity index (χ2n) is 9.36. The van der Waals surface area contributed by atoms with Crippen molar-refractivity contribution in [1.29, 1.82) is 0 Å². The predicted molar refractivity (Wildman–Crippen MR) is 116 cm³/mol. The topological polar surface area (TPSA) is 106 Å². The highest BCUT2D eigenvalue weighted by atomic mass is 16.2. The number of hydrogen-bond donors (Lipinski definition) is 2. The van der Waals surface area contributed by atoms with Gasteiger partial charge in [0.15, 0.2) is 5.69 Å². The molecule has 2 fully saturated rings. The average Bonchev–Trinajstić information content (AvgIpc) is 3.45. The molecule has 3 N–H and O–H groups in total. The molecule has 0 bridgehead atoms. The number of anilines is 2. The van der Waals surface area contributed by atoms with Gasteiger partial charge in [0.05, 0.1) is 23.3 Å². The van der Waals surface area contributed by atoms with Crippen LogP contribution < -0.4 is 16.0 Å². The van der Waals surface area contributed by atoms with E-state index in [0.29, 0.717) is 23.8 Å². The fourth-order valence-corrected chi connectivity index (χ4v) is 3.97. The molecule has 30 heavy (non-hydrogen) atoms. The smallest absolute Gasteiger partial charge is 0.276 e. The number of pyridine rings is 1. The quantitative estimate of drug-likeness (QED) is 0.788. The Morgan fingerprint density at radius 3 is 2.57 bits per heavy atom. The number of amides is 2. The number of primary amides is 1. The normalized spacial score (nSPS) is 19.6. The van der Waals surface area contributed by atoms with Crippen LogP contribution in [0.3, 0.4) is 0 Å². The highest BCUT2D eigenvalue weighted by molar-refractivity contribution is 6.02. The summed E-state index contributed by atoms with van der Waals surface area (Å²) in [5, 5.41) is 7.48. The number of hydrogen-bond acceptors (Lipinski definition) is 5. The van der Waals surface area contributed by atoms with Gasteiger partial charge in [-0.2, -0.15) is 5.10 Å². The van der Waals surface area contributed by atoms with Gasteiger partial charge >= 0.3 is 0 Å². The van der Waals surface area contributed by atoms with Crippen molar-refractivity contribution in [3.8, 4) is 0 Å². The molecule has 1 unspecified atom stereocenters. The summed E-state index contributed by atoms with van der Waals surface area (Å²) in [7, 11) is 0. The first-order chi connectivity index (χ1) is 14.2. The lowest BCUT2D eigenvalue weighted by Gasteiger charge is -2.32. The Hall–Kier alpha value is -2.90. The van der Waals surface area contributed by atoms with Crippen molar-refractivity contribution < 1.29 is 9.59 Å². The number of piperidine rings is 1. The van der Waals surface area contributed by atoms with E-state index in [1.54, 1.807) is 6.20 Å². The van der Waals surface area contributed by atoms with Gasteiger partial charge < -0.3 is 16.0 Å². The fraction of sp³-hybridized carbons (Fsp3) is 0.545. The number of aromatic nitrogens is 3. The summed E-state index contributed by atoms with van der Waals surface area (Å²) >= 11 is 0. The summed E-state index contributed by atoms with van der Waals surface area (Å²) in [6.45, 7) is 7.72. The molecule has 3 heterocycles. The highest BCUT2D eigenvalue weighted by Crippen LogP contribution is 2.41. The Morgan fingerprint density at radius 1 is 1.20 bits per heavy atom. The van der Waals surface area contributed by atoms with E-state index in [4.69, 9.17) is 5.73 Å². The maximum absolute atomic E-state index is 12.8. The molecule has 4 rings (SSSR count). The summed E-state index contributed by atoms with van der Waals surface area (Å²) in [4.78, 5) is 30.8. The zero-order valence-corrected chi connectivity index (χ0v) is 17.9. The van der Waals surface area contributed by atoms with E-state index in [-0.39, 0.29) is 23.3 Å². The van der Waals surface area contributed by atoms with Crippen molar-refractivity contribution in [2.24, 2.45) is 11.7 Å². The minimum Gasteiger partial charge on any atom is -0.369 e. The van der Waals surface area contributed by atoms with Crippen LogP contribution in [0.1, 0.15) is 68.6 Å². The van der Waals surface area contributed by atoms with Crippen LogP contribution in [0.15, 0.2) is 24.4 Å². The Bertz CT molecular complexity index is 940. The molecule has 0 radical (unpaired) electrons. The molecule has 1 saturated heterocycles. The number of carbonyl (C=O) groups excluding carboxylic acids is 2. The van der Waals surface area contributed by atoms with Crippen LogP contribution in [0, 0.1) is 5.92 Å². The summed E-state index contributed by atoms with van der Waals surface area (Å²) in [6.07, 6.45) is 5.68. The molecule has 1 aliphatic carbocycles. The van der Waals surface area contributed by atoms with Gasteiger partial charge in [0.1, 0.15) is 5.82 Å². The van der Waals surface area contributed by atoms with Gasteiger partial charge in [-0.3, -0.25) is 14.3 Å². The minimum atomic E-state index is -0.260. The van der Waals surface area contributed by atoms with Crippen LogP contribution in [-0.2, 0) is 10.3 Å². The van der Waals surface area contributed by atoms with Gasteiger partial charge in [0.2, 0.25) is 5.91 Å². The van der Waals surface area contributed by atoms with Crippen LogP contribution in [0.4, 0.5) is 11.5 Å². The molecule has 0 aromatic carbocycles. The van der Waals surface area contributed by atoms with Crippen LogP contribution >= 0.6 is 0 Å². The van der Waals surface area contributed by atoms with Crippen LogP contribution in [0.25, 0.3) is 0 Å². The summed E-state index contributed by atoms with van der Waals surface area (Å²) in [5.41, 5.74) is 7.47. The number of rotatable bonds is 5. The van der Waals surface area contributed by atoms with Crippen LogP contribution in [0.5, 0.6) is 0 Å². The monoisotopic (exact) mass is 410 g/mol. The molecule has 0 spiro atoms. The van der Waals surface area contributed by atoms with Gasteiger partial charge in [-0.1, -0.05) is 0 Å². The third-order valence-electron chi connectivity index (χ3n) is 5.75. The van der Waals surface area contributed by atoms with Crippen molar-refractivity contribution in [2.45, 2.75) is 57.9 Å². The van der Waals surface area contributed by atoms with Crippen molar-refractivity contribution in [2.75, 3.05) is 23.3 Å². The summed E-state index contributed by atoms with van der Waals surface area (Å²) in [6, 6.07) is 5.61. The van der Waals surface area contributed by atoms with E-state index in [1.165, 1.54) is 0 Å². The van der Waals surface area contributed by atoms with E-state index < -0.39 is 0 Å². The Kier molecular flexibility index (Phi) is 5.26. The molecule has 1 saturated carbocycles. The van der Waals surface area contributed by atoms with Crippen LogP contribution in [0.2, 0.25) is 0 Å². The average molecular weight is 411 g/mol. The van der Waals surface area contributed by atoms with Gasteiger partial charge in [-0.05, 0) is 64.7 Å². The fourth-order valence-electron chi connectivity index (χ4n) is 3.97. The number of nitrogens with one attached hydrogen (secondary N) is 1. The third-order valence-corrected chi connectivity index (χ3v) is 5.75. The first kappa shape index (κ1) is 20.4. The second-order valence-corrected chi connectivity index (χ2v) is 9.36. The van der Waals surface area contributed by atoms with E-state index in [9.17, 15) is 9.59 Å². The zero-order chi connectivity index (χ0) is 21.5. The standard InChI is InChI=1S/C22H30N6O2/c1-22(2,3)28-18(14-6-7-14)11-17(26-28)21(30)25-16-8-9-19(24-12-16)27-10-4-5-15(13-27)20(23)29/h8-9,11-12,14-15H,4-7,10,13H2,1-3H3,(H2,23,29)(H,25,30). The maximum Gasteiger partial charge on any atom is 0.276 e. The lowest BCUT2D eigenvalue weighted by atomic mass is 9.97. The van der Waals surface area contributed by atoms with Crippen molar-refractivity contribution in [1.82, 2.24) is 14.8 Å². The summed E-state index contributed by atoms with van der Waals surface area (Å²) < 4.78 is 1.98. The van der Waals surface area contributed by atoms with Crippen molar-refractivity contribution in [3.63, 3.8) is 0 Å². The number of nitrogens with two attached hydrogens (primary N) is 1. The van der Waals surface area contributed by atoms with Gasteiger partial charge in [-0.25, -0.2) is 4.98 Å². The largest absolute Gasteiger partial charge is 0.369 e.